The molecular weight excluding hydrogens is 362 g/mol. The minimum atomic E-state index is -0.293. The van der Waals surface area contributed by atoms with Crippen LogP contribution >= 0.6 is 0 Å². The summed E-state index contributed by atoms with van der Waals surface area (Å²) in [7, 11) is 1.95. The van der Waals surface area contributed by atoms with E-state index in [-0.39, 0.29) is 18.6 Å². The minimum Gasteiger partial charge on any atom is -0.359 e. The lowest BCUT2D eigenvalue weighted by Crippen LogP contribution is -2.29. The average Bonchev–Trinajstić information content (AvgIpc) is 3.10. The van der Waals surface area contributed by atoms with Crippen LogP contribution in [0.1, 0.15) is 23.1 Å². The number of aromatic nitrogens is 2. The molecule has 0 saturated carbocycles. The molecule has 0 radical (unpaired) electrons. The maximum absolute atomic E-state index is 12.4. The number of para-hydroxylation sites is 2. The van der Waals surface area contributed by atoms with Crippen molar-refractivity contribution in [2.75, 3.05) is 6.61 Å². The molecule has 29 heavy (non-hydrogen) atoms. The van der Waals surface area contributed by atoms with Crippen molar-refractivity contribution in [1.82, 2.24) is 14.9 Å². The van der Waals surface area contributed by atoms with Crippen LogP contribution in [0.3, 0.4) is 0 Å². The van der Waals surface area contributed by atoms with Gasteiger partial charge in [-0.15, -0.1) is 0 Å². The molecular formula is C24H23N3O2. The van der Waals surface area contributed by atoms with E-state index in [9.17, 15) is 4.79 Å². The highest BCUT2D eigenvalue weighted by Gasteiger charge is 2.16. The van der Waals surface area contributed by atoms with Crippen LogP contribution < -0.4 is 5.32 Å². The van der Waals surface area contributed by atoms with E-state index in [1.54, 1.807) is 0 Å². The predicted octanol–water partition coefficient (Wildman–Crippen LogP) is 4.00. The quantitative estimate of drug-likeness (QED) is 0.523. The van der Waals surface area contributed by atoms with Gasteiger partial charge < -0.3 is 14.6 Å². The van der Waals surface area contributed by atoms with Gasteiger partial charge in [-0.2, -0.15) is 0 Å². The first-order chi connectivity index (χ1) is 14.2. The number of nitrogens with one attached hydrogen (secondary N) is 1. The molecule has 0 bridgehead atoms. The zero-order valence-electron chi connectivity index (χ0n) is 16.3. The van der Waals surface area contributed by atoms with Gasteiger partial charge >= 0.3 is 0 Å². The number of hydrogen-bond acceptors (Lipinski definition) is 3. The second kappa shape index (κ2) is 8.71. The van der Waals surface area contributed by atoms with Crippen molar-refractivity contribution in [3.8, 4) is 0 Å². The van der Waals surface area contributed by atoms with Crippen molar-refractivity contribution in [1.29, 1.82) is 0 Å². The number of imidazole rings is 1. The SMILES string of the molecule is Cn1c(CNC(=O)COC(c2ccccc2)c2ccccc2)nc2ccccc21. The smallest absolute Gasteiger partial charge is 0.246 e. The fourth-order valence-corrected chi connectivity index (χ4v) is 3.38. The highest BCUT2D eigenvalue weighted by atomic mass is 16.5. The Morgan fingerprint density at radius 2 is 1.52 bits per heavy atom. The number of carbonyl (C=O) groups excluding carboxylic acids is 1. The Labute approximate surface area is 170 Å². The van der Waals surface area contributed by atoms with Crippen LogP contribution in [0.5, 0.6) is 0 Å². The van der Waals surface area contributed by atoms with Crippen molar-refractivity contribution in [2.45, 2.75) is 12.6 Å². The molecule has 0 fully saturated rings. The maximum Gasteiger partial charge on any atom is 0.246 e. The number of ether oxygens (including phenoxy) is 1. The molecule has 1 amide bonds. The Morgan fingerprint density at radius 3 is 2.14 bits per heavy atom. The number of amides is 1. The molecule has 0 unspecified atom stereocenters. The molecule has 5 nitrogen and oxygen atoms in total. The summed E-state index contributed by atoms with van der Waals surface area (Å²) in [6.45, 7) is 0.326. The number of carbonyl (C=O) groups is 1. The lowest BCUT2D eigenvalue weighted by atomic mass is 10.0. The van der Waals surface area contributed by atoms with E-state index in [1.165, 1.54) is 0 Å². The van der Waals surface area contributed by atoms with E-state index in [0.717, 1.165) is 28.0 Å². The number of fused-ring (bicyclic) bond motifs is 1. The molecule has 5 heteroatoms. The Balaban J connectivity index is 1.41. The van der Waals surface area contributed by atoms with E-state index >= 15 is 0 Å². The van der Waals surface area contributed by atoms with E-state index in [2.05, 4.69) is 10.3 Å². The zero-order chi connectivity index (χ0) is 20.1. The van der Waals surface area contributed by atoms with E-state index in [4.69, 9.17) is 4.74 Å². The van der Waals surface area contributed by atoms with Gasteiger partial charge in [0.15, 0.2) is 0 Å². The Kier molecular flexibility index (Phi) is 5.68. The van der Waals surface area contributed by atoms with Gasteiger partial charge in [0.25, 0.3) is 0 Å². The molecule has 0 aliphatic carbocycles. The topological polar surface area (TPSA) is 56.2 Å². The largest absolute Gasteiger partial charge is 0.359 e. The lowest BCUT2D eigenvalue weighted by Gasteiger charge is -2.18. The molecule has 0 aliphatic rings. The number of nitrogens with zero attached hydrogens (tertiary/aromatic N) is 2. The molecule has 0 atom stereocenters. The minimum absolute atomic E-state index is 0.0294. The Hall–Kier alpha value is -3.44. The molecule has 0 saturated heterocycles. The number of aryl methyl sites for hydroxylation is 1. The van der Waals surface area contributed by atoms with Crippen molar-refractivity contribution >= 4 is 16.9 Å². The number of hydrogen-bond donors (Lipinski definition) is 1. The third-order valence-electron chi connectivity index (χ3n) is 4.91. The maximum atomic E-state index is 12.4. The summed E-state index contributed by atoms with van der Waals surface area (Å²) in [4.78, 5) is 17.0. The molecule has 4 rings (SSSR count). The summed E-state index contributed by atoms with van der Waals surface area (Å²) in [5, 5.41) is 2.91. The molecule has 1 heterocycles. The summed E-state index contributed by atoms with van der Waals surface area (Å²) in [6.07, 6.45) is -0.293. The van der Waals surface area contributed by atoms with Crippen LogP contribution in [0.15, 0.2) is 84.9 Å². The van der Waals surface area contributed by atoms with Gasteiger partial charge in [-0.3, -0.25) is 4.79 Å². The summed E-state index contributed by atoms with van der Waals surface area (Å²) in [5.41, 5.74) is 3.99. The van der Waals surface area contributed by atoms with Crippen LogP contribution in [0, 0.1) is 0 Å². The second-order valence-corrected chi connectivity index (χ2v) is 6.86. The van der Waals surface area contributed by atoms with Crippen molar-refractivity contribution in [3.63, 3.8) is 0 Å². The summed E-state index contributed by atoms with van der Waals surface area (Å²) < 4.78 is 8.01. The molecule has 1 aromatic heterocycles. The molecule has 0 spiro atoms. The highest BCUT2D eigenvalue weighted by Crippen LogP contribution is 2.25. The van der Waals surface area contributed by atoms with Gasteiger partial charge in [-0.1, -0.05) is 72.8 Å². The van der Waals surface area contributed by atoms with Crippen LogP contribution in [0.4, 0.5) is 0 Å². The number of rotatable bonds is 7. The molecule has 3 aromatic carbocycles. The third kappa shape index (κ3) is 4.36. The van der Waals surface area contributed by atoms with Gasteiger partial charge in [-0.25, -0.2) is 4.98 Å². The van der Waals surface area contributed by atoms with E-state index in [0.29, 0.717) is 6.54 Å². The van der Waals surface area contributed by atoms with Crippen LogP contribution in [0.2, 0.25) is 0 Å². The first-order valence-electron chi connectivity index (χ1n) is 9.61. The summed E-state index contributed by atoms with van der Waals surface area (Å²) in [5.74, 6) is 0.635. The van der Waals surface area contributed by atoms with E-state index < -0.39 is 0 Å². The standard InChI is InChI=1S/C24H23N3O2/c1-27-21-15-9-8-14-20(21)26-22(27)16-25-23(28)17-29-24(18-10-4-2-5-11-18)19-12-6-3-7-13-19/h2-15,24H,16-17H2,1H3,(H,25,28). The van der Waals surface area contributed by atoms with Gasteiger partial charge in [0.2, 0.25) is 5.91 Å². The Bertz CT molecular complexity index is 1050. The molecule has 0 aliphatic heterocycles. The van der Waals surface area contributed by atoms with Crippen molar-refractivity contribution in [3.05, 3.63) is 102 Å². The monoisotopic (exact) mass is 385 g/mol. The van der Waals surface area contributed by atoms with Crippen LogP contribution in [-0.2, 0) is 23.1 Å². The summed E-state index contributed by atoms with van der Waals surface area (Å²) in [6, 6.07) is 27.8. The first kappa shape index (κ1) is 18.9. The fourth-order valence-electron chi connectivity index (χ4n) is 3.38. The predicted molar refractivity (Wildman–Crippen MR) is 113 cm³/mol. The fraction of sp³-hybridized carbons (Fsp3) is 0.167. The second-order valence-electron chi connectivity index (χ2n) is 6.86. The molecule has 4 aromatic rings. The van der Waals surface area contributed by atoms with Gasteiger partial charge in [0.05, 0.1) is 17.6 Å². The first-order valence-corrected chi connectivity index (χ1v) is 9.61. The molecule has 1 N–H and O–H groups in total. The van der Waals surface area contributed by atoms with Gasteiger partial charge in [0, 0.05) is 7.05 Å². The average molecular weight is 385 g/mol. The van der Waals surface area contributed by atoms with E-state index in [1.807, 2.05) is 96.5 Å². The normalized spacial score (nSPS) is 11.1. The number of benzene rings is 3. The highest BCUT2D eigenvalue weighted by molar-refractivity contribution is 5.78. The van der Waals surface area contributed by atoms with Crippen LogP contribution in [0.25, 0.3) is 11.0 Å². The summed E-state index contributed by atoms with van der Waals surface area (Å²) >= 11 is 0. The van der Waals surface area contributed by atoms with Gasteiger partial charge in [-0.05, 0) is 23.3 Å². The Morgan fingerprint density at radius 1 is 0.931 bits per heavy atom. The van der Waals surface area contributed by atoms with Crippen LogP contribution in [-0.4, -0.2) is 22.1 Å². The lowest BCUT2D eigenvalue weighted by molar-refractivity contribution is -0.127. The third-order valence-corrected chi connectivity index (χ3v) is 4.91. The van der Waals surface area contributed by atoms with Gasteiger partial charge in [0.1, 0.15) is 18.5 Å². The van der Waals surface area contributed by atoms with Crippen molar-refractivity contribution in [2.24, 2.45) is 7.05 Å². The zero-order valence-corrected chi connectivity index (χ0v) is 16.3. The van der Waals surface area contributed by atoms with Crippen molar-refractivity contribution < 1.29 is 9.53 Å². The molecule has 146 valence electrons.